The standard InChI is InChI=1S/C44H28BN3OS2/c1-25-17-19-30-36(21-25)49-37-22-26(2)18-20-31(37)46(30)27-23-34-42-35(24-27)48-33-12-4-6-14-39(33)51-41-16-8-10-29(44(41)48)45(42)28-9-7-15-40-43(28)47(34)32-11-3-5-13-38(32)50-40/h3-24H,1-2H3. The van der Waals surface area contributed by atoms with Crippen LogP contribution in [0, 0.1) is 13.8 Å². The molecule has 240 valence electrons. The van der Waals surface area contributed by atoms with Crippen molar-refractivity contribution < 1.29 is 4.74 Å². The number of rotatable bonds is 1. The molecule has 0 atom stereocenters. The van der Waals surface area contributed by atoms with Crippen LogP contribution in [0.25, 0.3) is 0 Å². The molecule has 0 fully saturated rings. The van der Waals surface area contributed by atoms with Gasteiger partial charge in [-0.2, -0.15) is 0 Å². The SMILES string of the molecule is Cc1ccc2c(c1)Oc1cc(C)ccc1N2c1cc2c3c(c1)N1c4ccccc4Sc4cccc(c41)B3c1cccc3c1N2c1ccccc1S3. The van der Waals surface area contributed by atoms with Gasteiger partial charge in [0.1, 0.15) is 0 Å². The molecule has 5 aliphatic heterocycles. The van der Waals surface area contributed by atoms with E-state index in [0.29, 0.717) is 0 Å². The summed E-state index contributed by atoms with van der Waals surface area (Å²) < 4.78 is 6.64. The largest absolute Gasteiger partial charge is 0.453 e. The van der Waals surface area contributed by atoms with E-state index >= 15 is 0 Å². The van der Waals surface area contributed by atoms with Crippen LogP contribution in [0.4, 0.5) is 51.2 Å². The van der Waals surface area contributed by atoms with Crippen LogP contribution in [0.15, 0.2) is 153 Å². The van der Waals surface area contributed by atoms with Crippen LogP contribution >= 0.6 is 23.5 Å². The van der Waals surface area contributed by atoms with Gasteiger partial charge in [-0.15, -0.1) is 0 Å². The molecule has 5 aliphatic rings. The van der Waals surface area contributed by atoms with E-state index in [9.17, 15) is 0 Å². The Bertz CT molecular complexity index is 2530. The summed E-state index contributed by atoms with van der Waals surface area (Å²) in [5.74, 6) is 1.74. The number of hydrogen-bond acceptors (Lipinski definition) is 6. The molecule has 0 spiro atoms. The molecule has 4 nitrogen and oxygen atoms in total. The highest BCUT2D eigenvalue weighted by molar-refractivity contribution is 8.00. The number of para-hydroxylation sites is 4. The molecule has 12 rings (SSSR count). The first-order valence-electron chi connectivity index (χ1n) is 17.4. The van der Waals surface area contributed by atoms with Gasteiger partial charge >= 0.3 is 0 Å². The number of aryl methyl sites for hydroxylation is 2. The molecule has 7 aromatic carbocycles. The van der Waals surface area contributed by atoms with Gasteiger partial charge in [0, 0.05) is 31.0 Å². The third kappa shape index (κ3) is 3.75. The fraction of sp³-hybridized carbons (Fsp3) is 0.0455. The summed E-state index contributed by atoms with van der Waals surface area (Å²) in [5.41, 5.74) is 17.1. The van der Waals surface area contributed by atoms with Crippen LogP contribution in [0.2, 0.25) is 0 Å². The third-order valence-electron chi connectivity index (χ3n) is 10.9. The molecule has 0 unspecified atom stereocenters. The highest BCUT2D eigenvalue weighted by atomic mass is 32.2. The van der Waals surface area contributed by atoms with Crippen molar-refractivity contribution in [3.8, 4) is 11.5 Å². The lowest BCUT2D eigenvalue weighted by molar-refractivity contribution is 0.476. The van der Waals surface area contributed by atoms with Crippen LogP contribution < -0.4 is 35.8 Å². The van der Waals surface area contributed by atoms with Crippen molar-refractivity contribution in [2.75, 3.05) is 14.7 Å². The number of ether oxygens (including phenoxy) is 1. The smallest absolute Gasteiger partial charge is 0.252 e. The van der Waals surface area contributed by atoms with Crippen LogP contribution in [0.3, 0.4) is 0 Å². The van der Waals surface area contributed by atoms with Crippen molar-refractivity contribution in [3.05, 3.63) is 145 Å². The maximum absolute atomic E-state index is 6.64. The molecule has 51 heavy (non-hydrogen) atoms. The van der Waals surface area contributed by atoms with E-state index in [1.165, 1.54) is 81.2 Å². The van der Waals surface area contributed by atoms with Gasteiger partial charge in [0.15, 0.2) is 11.5 Å². The van der Waals surface area contributed by atoms with Gasteiger partial charge in [-0.25, -0.2) is 0 Å². The predicted molar refractivity (Wildman–Crippen MR) is 213 cm³/mol. The van der Waals surface area contributed by atoms with Gasteiger partial charge in [0.05, 0.1) is 39.8 Å². The van der Waals surface area contributed by atoms with E-state index < -0.39 is 0 Å². The molecule has 0 bridgehead atoms. The van der Waals surface area contributed by atoms with E-state index in [2.05, 4.69) is 162 Å². The lowest BCUT2D eigenvalue weighted by Crippen LogP contribution is -2.62. The number of benzene rings is 7. The van der Waals surface area contributed by atoms with Crippen molar-refractivity contribution >= 4 is 97.8 Å². The number of nitrogens with zero attached hydrogens (tertiary/aromatic N) is 3. The lowest BCUT2D eigenvalue weighted by Gasteiger charge is -2.48. The minimum absolute atomic E-state index is 0.0905. The fourth-order valence-electron chi connectivity index (χ4n) is 8.81. The lowest BCUT2D eigenvalue weighted by atomic mass is 9.33. The van der Waals surface area contributed by atoms with E-state index in [1.807, 2.05) is 23.5 Å². The van der Waals surface area contributed by atoms with Gasteiger partial charge in [-0.05, 0) is 114 Å². The molecule has 0 aliphatic carbocycles. The van der Waals surface area contributed by atoms with Gasteiger partial charge in [0.2, 0.25) is 0 Å². The Morgan fingerprint density at radius 2 is 0.941 bits per heavy atom. The van der Waals surface area contributed by atoms with Crippen molar-refractivity contribution in [2.45, 2.75) is 33.4 Å². The first-order chi connectivity index (χ1) is 25.1. The third-order valence-corrected chi connectivity index (χ3v) is 13.1. The number of hydrogen-bond donors (Lipinski definition) is 0. The van der Waals surface area contributed by atoms with E-state index in [-0.39, 0.29) is 6.71 Å². The van der Waals surface area contributed by atoms with E-state index in [1.54, 1.807) is 0 Å². The highest BCUT2D eigenvalue weighted by Crippen LogP contribution is 2.59. The molecule has 7 heteroatoms. The topological polar surface area (TPSA) is 19.0 Å². The molecular formula is C44H28BN3OS2. The Morgan fingerprint density at radius 3 is 1.47 bits per heavy atom. The first kappa shape index (κ1) is 28.2. The Kier molecular flexibility index (Phi) is 5.57. The molecule has 0 saturated heterocycles. The minimum atomic E-state index is 0.0905. The maximum Gasteiger partial charge on any atom is 0.252 e. The summed E-state index contributed by atoms with van der Waals surface area (Å²) in [6, 6.07) is 49.6. The zero-order chi connectivity index (χ0) is 33.5. The van der Waals surface area contributed by atoms with Gasteiger partial charge in [-0.1, -0.05) is 84.2 Å². The average molecular weight is 690 g/mol. The van der Waals surface area contributed by atoms with Gasteiger partial charge < -0.3 is 19.4 Å². The van der Waals surface area contributed by atoms with E-state index in [4.69, 9.17) is 4.74 Å². The molecule has 0 N–H and O–H groups in total. The summed E-state index contributed by atoms with van der Waals surface area (Å²) in [4.78, 5) is 12.7. The zero-order valence-electron chi connectivity index (χ0n) is 27.8. The second kappa shape index (κ2) is 10.1. The van der Waals surface area contributed by atoms with Crippen LogP contribution in [-0.2, 0) is 0 Å². The predicted octanol–water partition coefficient (Wildman–Crippen LogP) is 10.9. The average Bonchev–Trinajstić information content (AvgIpc) is 3.15. The minimum Gasteiger partial charge on any atom is -0.453 e. The fourth-order valence-corrected chi connectivity index (χ4v) is 11.0. The van der Waals surface area contributed by atoms with Gasteiger partial charge in [0.25, 0.3) is 6.71 Å². The summed E-state index contributed by atoms with van der Waals surface area (Å²) in [5, 5.41) is 0. The zero-order valence-corrected chi connectivity index (χ0v) is 29.5. The Hall–Kier alpha value is -5.50. The Labute approximate surface area is 305 Å². The molecule has 0 amide bonds. The molecule has 0 saturated carbocycles. The molecule has 5 heterocycles. The van der Waals surface area contributed by atoms with Crippen LogP contribution in [-0.4, -0.2) is 6.71 Å². The highest BCUT2D eigenvalue weighted by Gasteiger charge is 2.47. The number of fused-ring (bicyclic) bond motifs is 10. The summed E-state index contributed by atoms with van der Waals surface area (Å²) in [6.07, 6.45) is 0. The quantitative estimate of drug-likeness (QED) is 0.159. The summed E-state index contributed by atoms with van der Waals surface area (Å²) >= 11 is 3.77. The summed E-state index contributed by atoms with van der Waals surface area (Å²) in [6.45, 7) is 4.35. The second-order valence-electron chi connectivity index (χ2n) is 13.9. The first-order valence-corrected chi connectivity index (χ1v) is 19.0. The van der Waals surface area contributed by atoms with Gasteiger partial charge in [-0.3, -0.25) is 0 Å². The maximum atomic E-state index is 6.64. The Morgan fingerprint density at radius 1 is 0.451 bits per heavy atom. The van der Waals surface area contributed by atoms with Crippen molar-refractivity contribution in [3.63, 3.8) is 0 Å². The van der Waals surface area contributed by atoms with Crippen molar-refractivity contribution in [1.82, 2.24) is 0 Å². The van der Waals surface area contributed by atoms with Crippen LogP contribution in [0.5, 0.6) is 11.5 Å². The van der Waals surface area contributed by atoms with Crippen molar-refractivity contribution in [2.24, 2.45) is 0 Å². The van der Waals surface area contributed by atoms with Crippen molar-refractivity contribution in [1.29, 1.82) is 0 Å². The molecule has 0 aromatic heterocycles. The Balaban J connectivity index is 1.22. The van der Waals surface area contributed by atoms with Crippen LogP contribution in [0.1, 0.15) is 11.1 Å². The molecule has 0 radical (unpaired) electrons. The normalized spacial score (nSPS) is 14.7. The van der Waals surface area contributed by atoms with E-state index in [0.717, 1.165) is 28.6 Å². The molecule has 7 aromatic rings. The molecular weight excluding hydrogens is 661 g/mol. The second-order valence-corrected chi connectivity index (χ2v) is 16.1. The number of anilines is 9. The monoisotopic (exact) mass is 689 g/mol. The summed E-state index contributed by atoms with van der Waals surface area (Å²) in [7, 11) is 0.